The lowest BCUT2D eigenvalue weighted by Crippen LogP contribution is -2.39. The summed E-state index contributed by atoms with van der Waals surface area (Å²) in [4.78, 5) is 28.0. The van der Waals surface area contributed by atoms with E-state index in [0.29, 0.717) is 30.1 Å². The molecule has 6 nitrogen and oxygen atoms in total. The molecule has 1 aromatic carbocycles. The first-order chi connectivity index (χ1) is 9.52. The predicted molar refractivity (Wildman–Crippen MR) is 76.1 cm³/mol. The van der Waals surface area contributed by atoms with E-state index in [2.05, 4.69) is 5.32 Å². The number of rotatable bonds is 4. The van der Waals surface area contributed by atoms with Crippen molar-refractivity contribution in [3.05, 3.63) is 23.8 Å². The number of hydrogen-bond acceptors (Lipinski definition) is 4. The Morgan fingerprint density at radius 1 is 1.35 bits per heavy atom. The number of para-hydroxylation sites is 1. The van der Waals surface area contributed by atoms with Crippen molar-refractivity contribution < 1.29 is 14.3 Å². The van der Waals surface area contributed by atoms with E-state index >= 15 is 0 Å². The van der Waals surface area contributed by atoms with E-state index in [1.807, 2.05) is 19.0 Å². The van der Waals surface area contributed by atoms with Crippen molar-refractivity contribution in [2.75, 3.05) is 46.2 Å². The van der Waals surface area contributed by atoms with E-state index in [-0.39, 0.29) is 18.4 Å². The zero-order chi connectivity index (χ0) is 14.7. The summed E-state index contributed by atoms with van der Waals surface area (Å²) in [5.74, 6) is 0.137. The quantitative estimate of drug-likeness (QED) is 0.878. The van der Waals surface area contributed by atoms with E-state index in [4.69, 9.17) is 4.74 Å². The highest BCUT2D eigenvalue weighted by Crippen LogP contribution is 2.30. The van der Waals surface area contributed by atoms with Crippen LogP contribution in [0.2, 0.25) is 0 Å². The summed E-state index contributed by atoms with van der Waals surface area (Å²) < 4.78 is 5.20. The average molecular weight is 277 g/mol. The molecule has 0 atom stereocenters. The molecule has 0 bridgehead atoms. The van der Waals surface area contributed by atoms with E-state index in [1.54, 1.807) is 23.1 Å². The third-order valence-electron chi connectivity index (χ3n) is 3.18. The second-order valence-electron chi connectivity index (χ2n) is 4.96. The Morgan fingerprint density at radius 2 is 2.10 bits per heavy atom. The van der Waals surface area contributed by atoms with Crippen molar-refractivity contribution >= 4 is 17.5 Å². The number of benzene rings is 1. The molecule has 1 aromatic rings. The molecule has 6 heteroatoms. The number of methoxy groups -OCH3 is 1. The average Bonchev–Trinajstić information content (AvgIpc) is 2.53. The van der Waals surface area contributed by atoms with Crippen molar-refractivity contribution in [2.24, 2.45) is 0 Å². The molecular formula is C14H19N3O3. The van der Waals surface area contributed by atoms with Gasteiger partial charge in [-0.25, -0.2) is 0 Å². The van der Waals surface area contributed by atoms with Gasteiger partial charge in [-0.05, 0) is 26.2 Å². The molecule has 2 rings (SSSR count). The molecule has 0 unspecified atom stereocenters. The van der Waals surface area contributed by atoms with Crippen LogP contribution < -0.4 is 10.1 Å². The van der Waals surface area contributed by atoms with Gasteiger partial charge in [-0.1, -0.05) is 6.07 Å². The minimum absolute atomic E-state index is 0.0600. The molecule has 0 radical (unpaired) electrons. The molecule has 0 aliphatic carbocycles. The van der Waals surface area contributed by atoms with E-state index in [1.165, 1.54) is 7.11 Å². The molecule has 0 saturated carbocycles. The highest BCUT2D eigenvalue weighted by atomic mass is 16.5. The van der Waals surface area contributed by atoms with Crippen LogP contribution >= 0.6 is 0 Å². The number of likely N-dealkylation sites (N-methyl/N-ethyl adjacent to an activating group) is 1. The molecule has 108 valence electrons. The van der Waals surface area contributed by atoms with Gasteiger partial charge in [0, 0.05) is 13.1 Å². The van der Waals surface area contributed by atoms with Crippen molar-refractivity contribution in [1.82, 2.24) is 9.80 Å². The lowest BCUT2D eigenvalue weighted by atomic mass is 10.1. The Kier molecular flexibility index (Phi) is 4.24. The summed E-state index contributed by atoms with van der Waals surface area (Å²) in [6, 6.07) is 5.17. The fraction of sp³-hybridized carbons (Fsp3) is 0.429. The zero-order valence-corrected chi connectivity index (χ0v) is 12.0. The summed E-state index contributed by atoms with van der Waals surface area (Å²) in [6.07, 6.45) is 0. The van der Waals surface area contributed by atoms with Gasteiger partial charge in [-0.3, -0.25) is 9.59 Å². The molecule has 0 spiro atoms. The normalized spacial score (nSPS) is 14.9. The number of nitrogens with one attached hydrogen (secondary N) is 1. The van der Waals surface area contributed by atoms with E-state index in [9.17, 15) is 9.59 Å². The van der Waals surface area contributed by atoms with Crippen LogP contribution in [0.3, 0.4) is 0 Å². The van der Waals surface area contributed by atoms with Gasteiger partial charge < -0.3 is 19.9 Å². The standard InChI is InChI=1S/C14H19N3O3/c1-16(2)7-8-17-9-12(18)15-13-10(14(17)19)5-4-6-11(13)20-3/h4-6H,7-9H2,1-3H3,(H,15,18). The summed E-state index contributed by atoms with van der Waals surface area (Å²) in [5, 5.41) is 2.75. The van der Waals surface area contributed by atoms with Gasteiger partial charge in [0.05, 0.1) is 18.4 Å². The largest absolute Gasteiger partial charge is 0.495 e. The smallest absolute Gasteiger partial charge is 0.256 e. The van der Waals surface area contributed by atoms with Gasteiger partial charge in [0.25, 0.3) is 5.91 Å². The molecule has 1 aliphatic rings. The van der Waals surface area contributed by atoms with Gasteiger partial charge in [-0.2, -0.15) is 0 Å². The minimum Gasteiger partial charge on any atom is -0.495 e. The Morgan fingerprint density at radius 3 is 2.75 bits per heavy atom. The summed E-state index contributed by atoms with van der Waals surface area (Å²) >= 11 is 0. The van der Waals surface area contributed by atoms with Crippen LogP contribution in [-0.2, 0) is 4.79 Å². The Bertz CT molecular complexity index is 528. The molecule has 1 aliphatic heterocycles. The SMILES string of the molecule is COc1cccc2c1NC(=O)CN(CCN(C)C)C2=O. The van der Waals surface area contributed by atoms with Crippen molar-refractivity contribution in [3.8, 4) is 5.75 Å². The minimum atomic E-state index is -0.208. The first kappa shape index (κ1) is 14.3. The second kappa shape index (κ2) is 5.92. The maximum absolute atomic E-state index is 12.5. The first-order valence-electron chi connectivity index (χ1n) is 6.43. The van der Waals surface area contributed by atoms with Gasteiger partial charge in [0.1, 0.15) is 12.3 Å². The predicted octanol–water partition coefficient (Wildman–Crippen LogP) is 0.651. The molecule has 1 heterocycles. The monoisotopic (exact) mass is 277 g/mol. The Labute approximate surface area is 118 Å². The topological polar surface area (TPSA) is 61.9 Å². The van der Waals surface area contributed by atoms with Gasteiger partial charge in [0.2, 0.25) is 5.91 Å². The van der Waals surface area contributed by atoms with Crippen molar-refractivity contribution in [2.45, 2.75) is 0 Å². The summed E-state index contributed by atoms with van der Waals surface area (Å²) in [6.45, 7) is 1.28. The summed E-state index contributed by atoms with van der Waals surface area (Å²) in [7, 11) is 5.37. The molecule has 0 saturated heterocycles. The maximum atomic E-state index is 12.5. The molecule has 0 fully saturated rings. The van der Waals surface area contributed by atoms with Crippen LogP contribution in [0.5, 0.6) is 5.75 Å². The molecular weight excluding hydrogens is 258 g/mol. The number of anilines is 1. The molecule has 1 N–H and O–H groups in total. The Hall–Kier alpha value is -2.08. The first-order valence-corrected chi connectivity index (χ1v) is 6.43. The van der Waals surface area contributed by atoms with Crippen LogP contribution in [0.1, 0.15) is 10.4 Å². The van der Waals surface area contributed by atoms with Crippen molar-refractivity contribution in [3.63, 3.8) is 0 Å². The summed E-state index contributed by atoms with van der Waals surface area (Å²) in [5.41, 5.74) is 0.923. The fourth-order valence-corrected chi connectivity index (χ4v) is 2.10. The second-order valence-corrected chi connectivity index (χ2v) is 4.96. The number of carbonyl (C=O) groups is 2. The number of amides is 2. The van der Waals surface area contributed by atoms with Gasteiger partial charge in [-0.15, -0.1) is 0 Å². The van der Waals surface area contributed by atoms with Crippen molar-refractivity contribution in [1.29, 1.82) is 0 Å². The van der Waals surface area contributed by atoms with E-state index in [0.717, 1.165) is 0 Å². The third kappa shape index (κ3) is 2.91. The number of fused-ring (bicyclic) bond motifs is 1. The van der Waals surface area contributed by atoms with E-state index < -0.39 is 0 Å². The van der Waals surface area contributed by atoms with Gasteiger partial charge >= 0.3 is 0 Å². The van der Waals surface area contributed by atoms with Crippen LogP contribution in [0.4, 0.5) is 5.69 Å². The Balaban J connectivity index is 2.33. The number of carbonyl (C=O) groups excluding carboxylic acids is 2. The highest BCUT2D eigenvalue weighted by Gasteiger charge is 2.27. The number of hydrogen-bond donors (Lipinski definition) is 1. The number of ether oxygens (including phenoxy) is 1. The molecule has 2 amide bonds. The third-order valence-corrected chi connectivity index (χ3v) is 3.18. The van der Waals surface area contributed by atoms with Crippen LogP contribution in [0.15, 0.2) is 18.2 Å². The van der Waals surface area contributed by atoms with Gasteiger partial charge in [0.15, 0.2) is 0 Å². The molecule has 0 aromatic heterocycles. The van der Waals surface area contributed by atoms with Crippen LogP contribution in [-0.4, -0.2) is 62.5 Å². The zero-order valence-electron chi connectivity index (χ0n) is 12.0. The fourth-order valence-electron chi connectivity index (χ4n) is 2.10. The van der Waals surface area contributed by atoms with Crippen LogP contribution in [0, 0.1) is 0 Å². The lowest BCUT2D eigenvalue weighted by Gasteiger charge is -2.21. The van der Waals surface area contributed by atoms with Crippen LogP contribution in [0.25, 0.3) is 0 Å². The number of nitrogens with zero attached hydrogens (tertiary/aromatic N) is 2. The highest BCUT2D eigenvalue weighted by molar-refractivity contribution is 6.09. The molecule has 20 heavy (non-hydrogen) atoms. The maximum Gasteiger partial charge on any atom is 0.256 e. The lowest BCUT2D eigenvalue weighted by molar-refractivity contribution is -0.116.